The SMILES string of the molecule is COC(=O)CCNC(=O)c1ccc(=O)[nH]n1. The molecule has 7 heteroatoms. The van der Waals surface area contributed by atoms with Gasteiger partial charge in [0.05, 0.1) is 13.5 Å². The molecule has 1 heterocycles. The number of nitrogens with one attached hydrogen (secondary N) is 2. The Kier molecular flexibility index (Phi) is 4.19. The Balaban J connectivity index is 2.44. The van der Waals surface area contributed by atoms with Crippen LogP contribution < -0.4 is 10.9 Å². The Morgan fingerprint density at radius 2 is 2.25 bits per heavy atom. The maximum absolute atomic E-state index is 11.4. The Labute approximate surface area is 90.8 Å². The number of hydrogen-bond donors (Lipinski definition) is 2. The van der Waals surface area contributed by atoms with E-state index in [0.29, 0.717) is 0 Å². The van der Waals surface area contributed by atoms with Gasteiger partial charge in [-0.1, -0.05) is 0 Å². The van der Waals surface area contributed by atoms with Crippen LogP contribution in [0.1, 0.15) is 16.9 Å². The second-order valence-electron chi connectivity index (χ2n) is 2.89. The van der Waals surface area contributed by atoms with E-state index in [2.05, 4.69) is 20.3 Å². The highest BCUT2D eigenvalue weighted by atomic mass is 16.5. The second kappa shape index (κ2) is 5.64. The van der Waals surface area contributed by atoms with Gasteiger partial charge in [-0.2, -0.15) is 5.10 Å². The minimum atomic E-state index is -0.458. The molecule has 0 radical (unpaired) electrons. The van der Waals surface area contributed by atoms with Crippen molar-refractivity contribution >= 4 is 11.9 Å². The van der Waals surface area contributed by atoms with Crippen LogP contribution >= 0.6 is 0 Å². The number of ether oxygens (including phenoxy) is 1. The first kappa shape index (κ1) is 11.9. The minimum Gasteiger partial charge on any atom is -0.469 e. The summed E-state index contributed by atoms with van der Waals surface area (Å²) in [5.74, 6) is -0.866. The molecule has 0 unspecified atom stereocenters. The van der Waals surface area contributed by atoms with Gasteiger partial charge in [0.2, 0.25) is 0 Å². The predicted molar refractivity (Wildman–Crippen MR) is 53.8 cm³/mol. The van der Waals surface area contributed by atoms with Crippen LogP contribution in [0.15, 0.2) is 16.9 Å². The maximum atomic E-state index is 11.4. The third kappa shape index (κ3) is 3.52. The number of carbonyl (C=O) groups is 2. The Hall–Kier alpha value is -2.18. The number of esters is 1. The van der Waals surface area contributed by atoms with Crippen LogP contribution in [-0.2, 0) is 9.53 Å². The van der Waals surface area contributed by atoms with Gasteiger partial charge in [-0.05, 0) is 6.07 Å². The lowest BCUT2D eigenvalue weighted by Crippen LogP contribution is -2.28. The van der Waals surface area contributed by atoms with Crippen molar-refractivity contribution in [3.05, 3.63) is 28.2 Å². The quantitative estimate of drug-likeness (QED) is 0.644. The molecule has 7 nitrogen and oxygen atoms in total. The molecule has 16 heavy (non-hydrogen) atoms. The molecule has 0 saturated carbocycles. The van der Waals surface area contributed by atoms with Gasteiger partial charge in [0.1, 0.15) is 5.69 Å². The predicted octanol–water partition coefficient (Wildman–Crippen LogP) is -0.937. The molecule has 86 valence electrons. The summed E-state index contributed by atoms with van der Waals surface area (Å²) in [6.07, 6.45) is 0.0889. The molecule has 0 saturated heterocycles. The van der Waals surface area contributed by atoms with E-state index in [1.165, 1.54) is 19.2 Å². The summed E-state index contributed by atoms with van der Waals surface area (Å²) in [5, 5.41) is 8.12. The second-order valence-corrected chi connectivity index (χ2v) is 2.89. The molecule has 1 aromatic rings. The molecular weight excluding hydrogens is 214 g/mol. The third-order valence-electron chi connectivity index (χ3n) is 1.75. The summed E-state index contributed by atoms with van der Waals surface area (Å²) in [4.78, 5) is 32.8. The number of carbonyl (C=O) groups excluding carboxylic acids is 2. The Morgan fingerprint density at radius 1 is 1.50 bits per heavy atom. The maximum Gasteiger partial charge on any atom is 0.307 e. The van der Waals surface area contributed by atoms with Crippen LogP contribution in [0.4, 0.5) is 0 Å². The van der Waals surface area contributed by atoms with Crippen molar-refractivity contribution in [3.63, 3.8) is 0 Å². The van der Waals surface area contributed by atoms with E-state index in [0.717, 1.165) is 0 Å². The van der Waals surface area contributed by atoms with Crippen molar-refractivity contribution in [3.8, 4) is 0 Å². The lowest BCUT2D eigenvalue weighted by Gasteiger charge is -2.02. The van der Waals surface area contributed by atoms with Crippen LogP contribution in [0, 0.1) is 0 Å². The normalized spacial score (nSPS) is 9.56. The van der Waals surface area contributed by atoms with Crippen molar-refractivity contribution in [1.82, 2.24) is 15.5 Å². The van der Waals surface area contributed by atoms with E-state index in [-0.39, 0.29) is 24.2 Å². The molecule has 0 spiro atoms. The number of hydrogen-bond acceptors (Lipinski definition) is 5. The van der Waals surface area contributed by atoms with Gasteiger partial charge in [-0.25, -0.2) is 5.10 Å². The van der Waals surface area contributed by atoms with Crippen molar-refractivity contribution in [2.75, 3.05) is 13.7 Å². The third-order valence-corrected chi connectivity index (χ3v) is 1.75. The van der Waals surface area contributed by atoms with Crippen molar-refractivity contribution < 1.29 is 14.3 Å². The van der Waals surface area contributed by atoms with Crippen LogP contribution in [0.25, 0.3) is 0 Å². The van der Waals surface area contributed by atoms with Gasteiger partial charge in [0, 0.05) is 12.6 Å². The van der Waals surface area contributed by atoms with Gasteiger partial charge in [-0.15, -0.1) is 0 Å². The average molecular weight is 225 g/mol. The van der Waals surface area contributed by atoms with Crippen LogP contribution in [0.2, 0.25) is 0 Å². The zero-order chi connectivity index (χ0) is 12.0. The number of aromatic amines is 1. The number of nitrogens with zero attached hydrogens (tertiary/aromatic N) is 1. The first-order valence-electron chi connectivity index (χ1n) is 4.54. The summed E-state index contributed by atoms with van der Waals surface area (Å²) < 4.78 is 4.40. The van der Waals surface area contributed by atoms with E-state index in [1.807, 2.05) is 0 Å². The molecule has 1 aromatic heterocycles. The molecule has 0 aliphatic heterocycles. The molecule has 1 amide bonds. The van der Waals surface area contributed by atoms with Gasteiger partial charge in [-0.3, -0.25) is 14.4 Å². The fourth-order valence-corrected chi connectivity index (χ4v) is 0.942. The number of methoxy groups -OCH3 is 1. The van der Waals surface area contributed by atoms with E-state index in [1.54, 1.807) is 0 Å². The van der Waals surface area contributed by atoms with Crippen LogP contribution in [0.5, 0.6) is 0 Å². The van der Waals surface area contributed by atoms with Crippen molar-refractivity contribution in [2.24, 2.45) is 0 Å². The number of amides is 1. The smallest absolute Gasteiger partial charge is 0.307 e. The monoisotopic (exact) mass is 225 g/mol. The molecule has 0 aliphatic rings. The topological polar surface area (TPSA) is 101 Å². The molecule has 0 aliphatic carbocycles. The average Bonchev–Trinajstić information content (AvgIpc) is 2.29. The van der Waals surface area contributed by atoms with Crippen LogP contribution in [-0.4, -0.2) is 35.7 Å². The first-order chi connectivity index (χ1) is 7.63. The summed E-state index contributed by atoms with van der Waals surface area (Å²) in [5.41, 5.74) is -0.296. The largest absolute Gasteiger partial charge is 0.469 e. The standard InChI is InChI=1S/C9H11N3O4/c1-16-8(14)4-5-10-9(15)6-2-3-7(13)12-11-6/h2-3H,4-5H2,1H3,(H,10,15)(H,12,13). The zero-order valence-corrected chi connectivity index (χ0v) is 8.65. The van der Waals surface area contributed by atoms with Crippen molar-refractivity contribution in [1.29, 1.82) is 0 Å². The highest BCUT2D eigenvalue weighted by Gasteiger charge is 2.07. The molecule has 0 aromatic carbocycles. The fourth-order valence-electron chi connectivity index (χ4n) is 0.942. The number of aromatic nitrogens is 2. The highest BCUT2D eigenvalue weighted by molar-refractivity contribution is 5.92. The van der Waals surface area contributed by atoms with Crippen LogP contribution in [0.3, 0.4) is 0 Å². The van der Waals surface area contributed by atoms with Gasteiger partial charge < -0.3 is 10.1 Å². The van der Waals surface area contributed by atoms with E-state index < -0.39 is 11.9 Å². The summed E-state index contributed by atoms with van der Waals surface area (Å²) >= 11 is 0. The van der Waals surface area contributed by atoms with E-state index in [4.69, 9.17) is 0 Å². The van der Waals surface area contributed by atoms with Gasteiger partial charge in [0.25, 0.3) is 11.5 Å². The molecule has 0 atom stereocenters. The molecule has 0 fully saturated rings. The van der Waals surface area contributed by atoms with Gasteiger partial charge >= 0.3 is 5.97 Å². The number of rotatable bonds is 4. The van der Waals surface area contributed by atoms with Crippen molar-refractivity contribution in [2.45, 2.75) is 6.42 Å². The molecule has 1 rings (SSSR count). The molecule has 0 bridgehead atoms. The lowest BCUT2D eigenvalue weighted by molar-refractivity contribution is -0.140. The molecular formula is C9H11N3O4. The zero-order valence-electron chi connectivity index (χ0n) is 8.65. The van der Waals surface area contributed by atoms with E-state index >= 15 is 0 Å². The number of H-pyrrole nitrogens is 1. The van der Waals surface area contributed by atoms with E-state index in [9.17, 15) is 14.4 Å². The summed E-state index contributed by atoms with van der Waals surface area (Å²) in [7, 11) is 1.27. The minimum absolute atomic E-state index is 0.0875. The highest BCUT2D eigenvalue weighted by Crippen LogP contribution is 1.89. The van der Waals surface area contributed by atoms with Gasteiger partial charge in [0.15, 0.2) is 0 Å². The lowest BCUT2D eigenvalue weighted by atomic mass is 10.3. The fraction of sp³-hybridized carbons (Fsp3) is 0.333. The summed E-state index contributed by atoms with van der Waals surface area (Å²) in [6, 6.07) is 2.49. The molecule has 2 N–H and O–H groups in total. The first-order valence-corrected chi connectivity index (χ1v) is 4.54. The Bertz CT molecular complexity index is 420. The summed E-state index contributed by atoms with van der Waals surface area (Å²) in [6.45, 7) is 0.159. The Morgan fingerprint density at radius 3 is 2.81 bits per heavy atom.